The maximum Gasteiger partial charge on any atom is 0.135 e. The van der Waals surface area contributed by atoms with Crippen molar-refractivity contribution >= 4 is 30.6 Å². The Labute approximate surface area is 145 Å². The van der Waals surface area contributed by atoms with Gasteiger partial charge in [-0.1, -0.05) is 30.3 Å². The molecule has 1 heterocycles. The Morgan fingerprint density at radius 2 is 1.55 bits per heavy atom. The zero-order valence-electron chi connectivity index (χ0n) is 12.9. The first-order valence-corrected chi connectivity index (χ1v) is 7.77. The molecule has 124 valence electrons. The number of Topliss-reactive ketones (excluding diaryl/α,β-unsaturated/α-hetero) is 1. The normalized spacial score (nSPS) is 29.3. The standard InChI is InChI=1S/C17H24N2O.2ClH/c18-17(14-4-2-1-3-5-14)10-6-15(7-11-17)19-12-8-16(20)9-13-19;;/h1-5,15H,6-13,18H2;2*1H. The van der Waals surface area contributed by atoms with E-state index in [1.807, 2.05) is 6.07 Å². The second-order valence-electron chi connectivity index (χ2n) is 6.33. The van der Waals surface area contributed by atoms with Crippen LogP contribution in [-0.2, 0) is 10.3 Å². The molecule has 0 amide bonds. The molecule has 2 fully saturated rings. The van der Waals surface area contributed by atoms with Crippen molar-refractivity contribution in [2.24, 2.45) is 5.73 Å². The number of halogens is 2. The predicted octanol–water partition coefficient (Wildman–Crippen LogP) is 3.29. The van der Waals surface area contributed by atoms with Crippen LogP contribution in [-0.4, -0.2) is 29.8 Å². The Balaban J connectivity index is 0.00000121. The lowest BCUT2D eigenvalue weighted by molar-refractivity contribution is -0.122. The maximum absolute atomic E-state index is 11.3. The van der Waals surface area contributed by atoms with Crippen molar-refractivity contribution in [3.05, 3.63) is 35.9 Å². The molecule has 1 saturated carbocycles. The Hall–Kier alpha value is -0.610. The minimum absolute atomic E-state index is 0. The SMILES string of the molecule is Cl.Cl.NC1(c2ccccc2)CCC(N2CCC(=O)CC2)CC1. The van der Waals surface area contributed by atoms with E-state index in [4.69, 9.17) is 5.73 Å². The van der Waals surface area contributed by atoms with Gasteiger partial charge < -0.3 is 5.73 Å². The van der Waals surface area contributed by atoms with Gasteiger partial charge in [-0.2, -0.15) is 0 Å². The number of carbonyl (C=O) groups excluding carboxylic acids is 1. The lowest BCUT2D eigenvalue weighted by atomic mass is 9.75. The quantitative estimate of drug-likeness (QED) is 0.895. The van der Waals surface area contributed by atoms with Crippen molar-refractivity contribution in [3.8, 4) is 0 Å². The third-order valence-corrected chi connectivity index (χ3v) is 5.07. The van der Waals surface area contributed by atoms with Crippen molar-refractivity contribution < 1.29 is 4.79 Å². The molecule has 3 rings (SSSR count). The summed E-state index contributed by atoms with van der Waals surface area (Å²) in [5.74, 6) is 0.425. The first kappa shape index (κ1) is 19.4. The maximum atomic E-state index is 11.3. The van der Waals surface area contributed by atoms with Gasteiger partial charge in [-0.25, -0.2) is 0 Å². The molecular formula is C17H26Cl2N2O. The third-order valence-electron chi connectivity index (χ3n) is 5.07. The fourth-order valence-corrected chi connectivity index (χ4v) is 3.68. The van der Waals surface area contributed by atoms with Crippen molar-refractivity contribution in [1.82, 2.24) is 4.90 Å². The van der Waals surface area contributed by atoms with Crippen molar-refractivity contribution in [3.63, 3.8) is 0 Å². The summed E-state index contributed by atoms with van der Waals surface area (Å²) in [6.07, 6.45) is 5.88. The van der Waals surface area contributed by atoms with E-state index < -0.39 is 0 Å². The summed E-state index contributed by atoms with van der Waals surface area (Å²) in [7, 11) is 0. The summed E-state index contributed by atoms with van der Waals surface area (Å²) in [5, 5.41) is 0. The highest BCUT2D eigenvalue weighted by atomic mass is 35.5. The number of piperidine rings is 1. The fraction of sp³-hybridized carbons (Fsp3) is 0.588. The monoisotopic (exact) mass is 344 g/mol. The van der Waals surface area contributed by atoms with E-state index in [1.165, 1.54) is 5.56 Å². The van der Waals surface area contributed by atoms with Gasteiger partial charge in [-0.05, 0) is 31.2 Å². The van der Waals surface area contributed by atoms with Gasteiger partial charge in [0.2, 0.25) is 0 Å². The highest BCUT2D eigenvalue weighted by Gasteiger charge is 2.35. The number of hydrogen-bond acceptors (Lipinski definition) is 3. The van der Waals surface area contributed by atoms with E-state index in [0.29, 0.717) is 11.8 Å². The van der Waals surface area contributed by atoms with E-state index in [2.05, 4.69) is 29.2 Å². The summed E-state index contributed by atoms with van der Waals surface area (Å²) in [5.41, 5.74) is 7.74. The molecule has 1 aliphatic heterocycles. The Morgan fingerprint density at radius 3 is 2.09 bits per heavy atom. The van der Waals surface area contributed by atoms with Crippen LogP contribution in [0, 0.1) is 0 Å². The van der Waals surface area contributed by atoms with Crippen LogP contribution in [0.3, 0.4) is 0 Å². The molecule has 0 bridgehead atoms. The predicted molar refractivity (Wildman–Crippen MR) is 94.9 cm³/mol. The molecule has 2 aliphatic rings. The van der Waals surface area contributed by atoms with Crippen LogP contribution in [0.15, 0.2) is 30.3 Å². The molecule has 22 heavy (non-hydrogen) atoms. The third kappa shape index (κ3) is 4.23. The lowest BCUT2D eigenvalue weighted by Gasteiger charge is -2.43. The van der Waals surface area contributed by atoms with Crippen LogP contribution >= 0.6 is 24.8 Å². The molecule has 0 unspecified atom stereocenters. The minimum atomic E-state index is -0.149. The molecule has 1 saturated heterocycles. The fourth-order valence-electron chi connectivity index (χ4n) is 3.68. The summed E-state index contributed by atoms with van der Waals surface area (Å²) in [6, 6.07) is 11.1. The molecule has 0 aromatic heterocycles. The smallest absolute Gasteiger partial charge is 0.135 e. The van der Waals surface area contributed by atoms with Gasteiger partial charge in [0, 0.05) is 37.5 Å². The number of ketones is 1. The number of carbonyl (C=O) groups is 1. The van der Waals surface area contributed by atoms with E-state index in [1.54, 1.807) is 0 Å². The van der Waals surface area contributed by atoms with E-state index in [-0.39, 0.29) is 30.4 Å². The van der Waals surface area contributed by atoms with Gasteiger partial charge in [-0.15, -0.1) is 24.8 Å². The molecule has 1 aromatic carbocycles. The number of benzene rings is 1. The largest absolute Gasteiger partial charge is 0.321 e. The minimum Gasteiger partial charge on any atom is -0.321 e. The van der Waals surface area contributed by atoms with E-state index in [0.717, 1.165) is 51.6 Å². The van der Waals surface area contributed by atoms with Crippen molar-refractivity contribution in [2.75, 3.05) is 13.1 Å². The molecule has 5 heteroatoms. The molecule has 2 N–H and O–H groups in total. The second kappa shape index (κ2) is 8.30. The van der Waals surface area contributed by atoms with Gasteiger partial charge in [-0.3, -0.25) is 9.69 Å². The number of likely N-dealkylation sites (tertiary alicyclic amines) is 1. The Bertz CT molecular complexity index is 463. The highest BCUT2D eigenvalue weighted by Crippen LogP contribution is 2.36. The first-order valence-electron chi connectivity index (χ1n) is 7.77. The van der Waals surface area contributed by atoms with Crippen LogP contribution in [0.2, 0.25) is 0 Å². The summed E-state index contributed by atoms with van der Waals surface area (Å²) >= 11 is 0. The molecular weight excluding hydrogens is 319 g/mol. The average Bonchev–Trinajstić information content (AvgIpc) is 2.50. The number of nitrogens with zero attached hydrogens (tertiary/aromatic N) is 1. The van der Waals surface area contributed by atoms with Crippen LogP contribution in [0.25, 0.3) is 0 Å². The van der Waals surface area contributed by atoms with Gasteiger partial charge in [0.1, 0.15) is 5.78 Å². The first-order chi connectivity index (χ1) is 9.67. The summed E-state index contributed by atoms with van der Waals surface area (Å²) < 4.78 is 0. The zero-order valence-corrected chi connectivity index (χ0v) is 14.5. The molecule has 0 radical (unpaired) electrons. The molecule has 1 aliphatic carbocycles. The Morgan fingerprint density at radius 1 is 1.00 bits per heavy atom. The molecule has 1 aromatic rings. The molecule has 0 spiro atoms. The highest BCUT2D eigenvalue weighted by molar-refractivity contribution is 5.85. The lowest BCUT2D eigenvalue weighted by Crippen LogP contribution is -2.48. The number of nitrogens with two attached hydrogens (primary N) is 1. The van der Waals surface area contributed by atoms with Crippen molar-refractivity contribution in [2.45, 2.75) is 50.1 Å². The Kier molecular flexibility index (Phi) is 7.33. The molecule has 0 atom stereocenters. The second-order valence-corrected chi connectivity index (χ2v) is 6.33. The van der Waals surface area contributed by atoms with Gasteiger partial charge in [0.25, 0.3) is 0 Å². The topological polar surface area (TPSA) is 46.3 Å². The number of hydrogen-bond donors (Lipinski definition) is 1. The van der Waals surface area contributed by atoms with Gasteiger partial charge >= 0.3 is 0 Å². The van der Waals surface area contributed by atoms with Gasteiger partial charge in [0.05, 0.1) is 0 Å². The van der Waals surface area contributed by atoms with E-state index >= 15 is 0 Å². The van der Waals surface area contributed by atoms with Crippen molar-refractivity contribution in [1.29, 1.82) is 0 Å². The van der Waals surface area contributed by atoms with E-state index in [9.17, 15) is 4.79 Å². The molecule has 3 nitrogen and oxygen atoms in total. The van der Waals surface area contributed by atoms with Crippen LogP contribution < -0.4 is 5.73 Å². The average molecular weight is 345 g/mol. The van der Waals surface area contributed by atoms with Gasteiger partial charge in [0.15, 0.2) is 0 Å². The van der Waals surface area contributed by atoms with Crippen LogP contribution in [0.5, 0.6) is 0 Å². The summed E-state index contributed by atoms with van der Waals surface area (Å²) in [6.45, 7) is 1.90. The van der Waals surface area contributed by atoms with Crippen LogP contribution in [0.1, 0.15) is 44.1 Å². The zero-order chi connectivity index (χ0) is 14.0. The summed E-state index contributed by atoms with van der Waals surface area (Å²) in [4.78, 5) is 13.8. The van der Waals surface area contributed by atoms with Crippen LogP contribution in [0.4, 0.5) is 0 Å². The number of rotatable bonds is 2.